The molecule has 2 N–H and O–H groups in total. The smallest absolute Gasteiger partial charge is 0.123 e. The molecule has 0 bridgehead atoms. The summed E-state index contributed by atoms with van der Waals surface area (Å²) >= 11 is 0. The Bertz CT molecular complexity index is 1070. The van der Waals surface area contributed by atoms with E-state index in [1.807, 2.05) is 48.5 Å². The molecule has 0 radical (unpaired) electrons. The summed E-state index contributed by atoms with van der Waals surface area (Å²) in [4.78, 5) is 0. The van der Waals surface area contributed by atoms with Crippen LogP contribution in [0.4, 0.5) is 0 Å². The summed E-state index contributed by atoms with van der Waals surface area (Å²) < 4.78 is 0. The quantitative estimate of drug-likeness (QED) is 0.502. The van der Waals surface area contributed by atoms with E-state index < -0.39 is 0 Å². The molecule has 4 aromatic carbocycles. The molecule has 0 spiro atoms. The highest BCUT2D eigenvalue weighted by Gasteiger charge is 2.15. The average molecular weight is 328 g/mol. The van der Waals surface area contributed by atoms with Crippen LogP contribution in [-0.2, 0) is 6.42 Å². The van der Waals surface area contributed by atoms with Gasteiger partial charge in [0.1, 0.15) is 11.5 Å². The summed E-state index contributed by atoms with van der Waals surface area (Å²) in [7, 11) is 0. The molecule has 0 saturated carbocycles. The second-order valence-corrected chi connectivity index (χ2v) is 6.66. The number of hydrogen-bond donors (Lipinski definition) is 2. The molecule has 0 aliphatic carbocycles. The molecule has 0 amide bonds. The fourth-order valence-corrected chi connectivity index (χ4v) is 3.73. The molecule has 4 aromatic rings. The van der Waals surface area contributed by atoms with Crippen LogP contribution in [0.1, 0.15) is 24.0 Å². The van der Waals surface area contributed by atoms with Crippen molar-refractivity contribution in [2.45, 2.75) is 19.3 Å². The molecule has 0 aliphatic rings. The van der Waals surface area contributed by atoms with Crippen molar-refractivity contribution in [3.8, 4) is 11.5 Å². The molecular weight excluding hydrogens is 308 g/mol. The standard InChI is InChI=1S/C23H20O2/c1-15(23-20-9-5-2-6-17(20)10-11-21(23)24)12-16-13-18-7-3-4-8-19(18)22(25)14-16/h2-11,13-15,24-25H,12H2,1H3. The highest BCUT2D eigenvalue weighted by Crippen LogP contribution is 2.36. The molecule has 4 rings (SSSR count). The van der Waals surface area contributed by atoms with Gasteiger partial charge in [-0.2, -0.15) is 0 Å². The Balaban J connectivity index is 1.76. The van der Waals surface area contributed by atoms with E-state index in [0.717, 1.165) is 39.1 Å². The highest BCUT2D eigenvalue weighted by atomic mass is 16.3. The van der Waals surface area contributed by atoms with Gasteiger partial charge < -0.3 is 10.2 Å². The van der Waals surface area contributed by atoms with Crippen LogP contribution >= 0.6 is 0 Å². The van der Waals surface area contributed by atoms with Crippen LogP contribution in [0.5, 0.6) is 11.5 Å². The Morgan fingerprint density at radius 3 is 2.20 bits per heavy atom. The zero-order valence-electron chi connectivity index (χ0n) is 14.1. The number of hydrogen-bond acceptors (Lipinski definition) is 2. The van der Waals surface area contributed by atoms with Gasteiger partial charge in [-0.3, -0.25) is 0 Å². The van der Waals surface area contributed by atoms with Crippen LogP contribution in [0.15, 0.2) is 72.8 Å². The van der Waals surface area contributed by atoms with E-state index >= 15 is 0 Å². The third kappa shape index (κ3) is 2.80. The Morgan fingerprint density at radius 2 is 1.40 bits per heavy atom. The van der Waals surface area contributed by atoms with Crippen LogP contribution in [0.3, 0.4) is 0 Å². The van der Waals surface area contributed by atoms with Gasteiger partial charge in [-0.05, 0) is 46.2 Å². The first-order valence-electron chi connectivity index (χ1n) is 8.55. The average Bonchev–Trinajstić information content (AvgIpc) is 2.61. The summed E-state index contributed by atoms with van der Waals surface area (Å²) in [5.41, 5.74) is 2.03. The minimum atomic E-state index is 0.131. The molecule has 2 nitrogen and oxygen atoms in total. The molecule has 25 heavy (non-hydrogen) atoms. The lowest BCUT2D eigenvalue weighted by atomic mass is 9.88. The minimum absolute atomic E-state index is 0.131. The first kappa shape index (κ1) is 15.5. The predicted octanol–water partition coefficient (Wildman–Crippen LogP) is 5.75. The Kier molecular flexibility index (Phi) is 3.81. The Morgan fingerprint density at radius 1 is 0.720 bits per heavy atom. The minimum Gasteiger partial charge on any atom is -0.508 e. The van der Waals surface area contributed by atoms with Crippen molar-refractivity contribution in [1.29, 1.82) is 0 Å². The zero-order valence-corrected chi connectivity index (χ0v) is 14.1. The number of fused-ring (bicyclic) bond motifs is 2. The topological polar surface area (TPSA) is 40.5 Å². The van der Waals surface area contributed by atoms with Gasteiger partial charge >= 0.3 is 0 Å². The summed E-state index contributed by atoms with van der Waals surface area (Å²) in [6.45, 7) is 2.12. The zero-order chi connectivity index (χ0) is 17.4. The van der Waals surface area contributed by atoms with Crippen molar-refractivity contribution in [2.24, 2.45) is 0 Å². The molecule has 2 heteroatoms. The molecule has 0 saturated heterocycles. The summed E-state index contributed by atoms with van der Waals surface area (Å²) in [6, 6.07) is 23.6. The number of phenolic OH excluding ortho intramolecular Hbond substituents is 2. The summed E-state index contributed by atoms with van der Waals surface area (Å²) in [6.07, 6.45) is 0.750. The van der Waals surface area contributed by atoms with Gasteiger partial charge in [0.2, 0.25) is 0 Å². The van der Waals surface area contributed by atoms with Crippen LogP contribution in [0, 0.1) is 0 Å². The lowest BCUT2D eigenvalue weighted by Crippen LogP contribution is -2.00. The molecule has 0 fully saturated rings. The molecule has 0 aliphatic heterocycles. The second-order valence-electron chi connectivity index (χ2n) is 6.66. The summed E-state index contributed by atoms with van der Waals surface area (Å²) in [5.74, 6) is 0.769. The molecule has 124 valence electrons. The maximum atomic E-state index is 10.4. The van der Waals surface area contributed by atoms with E-state index in [0.29, 0.717) is 11.5 Å². The van der Waals surface area contributed by atoms with E-state index in [9.17, 15) is 10.2 Å². The third-order valence-electron chi connectivity index (χ3n) is 4.88. The number of rotatable bonds is 3. The van der Waals surface area contributed by atoms with Crippen molar-refractivity contribution in [2.75, 3.05) is 0 Å². The van der Waals surface area contributed by atoms with Crippen molar-refractivity contribution in [3.63, 3.8) is 0 Å². The fourth-order valence-electron chi connectivity index (χ4n) is 3.73. The first-order valence-corrected chi connectivity index (χ1v) is 8.55. The highest BCUT2D eigenvalue weighted by molar-refractivity contribution is 5.89. The molecule has 1 atom stereocenters. The Hall–Kier alpha value is -3.00. The molecular formula is C23H20O2. The fraction of sp³-hybridized carbons (Fsp3) is 0.130. The lowest BCUT2D eigenvalue weighted by Gasteiger charge is -2.17. The van der Waals surface area contributed by atoms with Gasteiger partial charge in [0.25, 0.3) is 0 Å². The summed E-state index contributed by atoms with van der Waals surface area (Å²) in [5, 5.41) is 24.9. The van der Waals surface area contributed by atoms with Crippen LogP contribution < -0.4 is 0 Å². The van der Waals surface area contributed by atoms with Gasteiger partial charge in [0.15, 0.2) is 0 Å². The van der Waals surface area contributed by atoms with E-state index in [-0.39, 0.29) is 5.92 Å². The number of aromatic hydroxyl groups is 2. The normalized spacial score (nSPS) is 12.5. The van der Waals surface area contributed by atoms with Gasteiger partial charge in [0.05, 0.1) is 0 Å². The lowest BCUT2D eigenvalue weighted by molar-refractivity contribution is 0.464. The van der Waals surface area contributed by atoms with Crippen molar-refractivity contribution in [1.82, 2.24) is 0 Å². The monoisotopic (exact) mass is 328 g/mol. The van der Waals surface area contributed by atoms with E-state index in [2.05, 4.69) is 25.1 Å². The number of benzene rings is 4. The van der Waals surface area contributed by atoms with E-state index in [4.69, 9.17) is 0 Å². The van der Waals surface area contributed by atoms with E-state index in [1.165, 1.54) is 0 Å². The van der Waals surface area contributed by atoms with Crippen LogP contribution in [0.25, 0.3) is 21.5 Å². The van der Waals surface area contributed by atoms with Crippen LogP contribution in [-0.4, -0.2) is 10.2 Å². The first-order chi connectivity index (χ1) is 12.1. The second kappa shape index (κ2) is 6.14. The number of phenols is 2. The van der Waals surface area contributed by atoms with Gasteiger partial charge in [-0.15, -0.1) is 0 Å². The van der Waals surface area contributed by atoms with Gasteiger partial charge in [-0.25, -0.2) is 0 Å². The van der Waals surface area contributed by atoms with E-state index in [1.54, 1.807) is 6.07 Å². The van der Waals surface area contributed by atoms with Crippen molar-refractivity contribution < 1.29 is 10.2 Å². The largest absolute Gasteiger partial charge is 0.508 e. The molecule has 0 heterocycles. The van der Waals surface area contributed by atoms with Crippen molar-refractivity contribution in [3.05, 3.63) is 83.9 Å². The van der Waals surface area contributed by atoms with Crippen molar-refractivity contribution >= 4 is 21.5 Å². The maximum absolute atomic E-state index is 10.4. The van der Waals surface area contributed by atoms with Gasteiger partial charge in [0, 0.05) is 10.9 Å². The maximum Gasteiger partial charge on any atom is 0.123 e. The SMILES string of the molecule is CC(Cc1cc(O)c2ccccc2c1)c1c(O)ccc2ccccc12. The van der Waals surface area contributed by atoms with Crippen LogP contribution in [0.2, 0.25) is 0 Å². The predicted molar refractivity (Wildman–Crippen MR) is 103 cm³/mol. The molecule has 1 unspecified atom stereocenters. The van der Waals surface area contributed by atoms with Gasteiger partial charge in [-0.1, -0.05) is 67.6 Å². The third-order valence-corrected chi connectivity index (χ3v) is 4.88. The Labute approximate surface area is 147 Å². The molecule has 0 aromatic heterocycles.